The monoisotopic (exact) mass is 220 g/mol. The van der Waals surface area contributed by atoms with E-state index < -0.39 is 0 Å². The van der Waals surface area contributed by atoms with Crippen LogP contribution < -0.4 is 14.8 Å². The highest BCUT2D eigenvalue weighted by atomic mass is 16.5. The molecule has 0 unspecified atom stereocenters. The molecule has 0 aromatic heterocycles. The Kier molecular flexibility index (Phi) is 3.64. The van der Waals surface area contributed by atoms with Gasteiger partial charge in [0.25, 0.3) is 0 Å². The van der Waals surface area contributed by atoms with Crippen molar-refractivity contribution >= 4 is 5.84 Å². The Morgan fingerprint density at radius 2 is 2.12 bits per heavy atom. The summed E-state index contributed by atoms with van der Waals surface area (Å²) in [4.78, 5) is 4.30. The first-order valence-electron chi connectivity index (χ1n) is 5.43. The first-order chi connectivity index (χ1) is 7.90. The van der Waals surface area contributed by atoms with Gasteiger partial charge >= 0.3 is 0 Å². The maximum absolute atomic E-state index is 5.64. The van der Waals surface area contributed by atoms with Crippen LogP contribution in [0.15, 0.2) is 29.3 Å². The van der Waals surface area contributed by atoms with Gasteiger partial charge in [-0.15, -0.1) is 0 Å². The molecule has 0 spiro atoms. The van der Waals surface area contributed by atoms with Gasteiger partial charge in [0, 0.05) is 13.0 Å². The third-order valence-electron chi connectivity index (χ3n) is 2.41. The first kappa shape index (κ1) is 10.8. The van der Waals surface area contributed by atoms with Crippen LogP contribution in [0.1, 0.15) is 6.42 Å². The molecule has 1 aliphatic heterocycles. The van der Waals surface area contributed by atoms with Crippen molar-refractivity contribution in [3.05, 3.63) is 24.3 Å². The topological polar surface area (TPSA) is 42.9 Å². The molecule has 4 nitrogen and oxygen atoms in total. The molecule has 16 heavy (non-hydrogen) atoms. The molecular formula is C12H16N2O2. The number of amidine groups is 1. The number of rotatable bonds is 5. The molecule has 0 fully saturated rings. The van der Waals surface area contributed by atoms with Gasteiger partial charge in [0.05, 0.1) is 26.1 Å². The zero-order valence-electron chi connectivity index (χ0n) is 9.40. The lowest BCUT2D eigenvalue weighted by atomic mass is 10.3. The summed E-state index contributed by atoms with van der Waals surface area (Å²) in [6.07, 6.45) is 0.818. The average Bonchev–Trinajstić information content (AvgIpc) is 2.83. The van der Waals surface area contributed by atoms with Gasteiger partial charge in [-0.3, -0.25) is 4.99 Å². The molecule has 0 saturated heterocycles. The minimum atomic E-state index is 0.617. The summed E-state index contributed by atoms with van der Waals surface area (Å²) in [5, 5.41) is 3.21. The lowest BCUT2D eigenvalue weighted by molar-refractivity contribution is 0.302. The summed E-state index contributed by atoms with van der Waals surface area (Å²) in [5.74, 6) is 2.59. The predicted molar refractivity (Wildman–Crippen MR) is 63.4 cm³/mol. The van der Waals surface area contributed by atoms with Gasteiger partial charge in [-0.2, -0.15) is 0 Å². The number of para-hydroxylation sites is 2. The molecule has 0 atom stereocenters. The third-order valence-corrected chi connectivity index (χ3v) is 2.41. The Morgan fingerprint density at radius 3 is 2.81 bits per heavy atom. The lowest BCUT2D eigenvalue weighted by Gasteiger charge is -2.10. The van der Waals surface area contributed by atoms with E-state index in [4.69, 9.17) is 9.47 Å². The van der Waals surface area contributed by atoms with Crippen molar-refractivity contribution in [3.63, 3.8) is 0 Å². The van der Waals surface area contributed by atoms with Gasteiger partial charge in [-0.1, -0.05) is 12.1 Å². The molecule has 1 aromatic carbocycles. The first-order valence-corrected chi connectivity index (χ1v) is 5.43. The molecule has 2 rings (SSSR count). The lowest BCUT2D eigenvalue weighted by Crippen LogP contribution is -2.20. The van der Waals surface area contributed by atoms with Crippen LogP contribution in [0.25, 0.3) is 0 Å². The number of aliphatic imine (C=N–C) groups is 1. The summed E-state index contributed by atoms with van der Waals surface area (Å²) < 4.78 is 10.8. The Morgan fingerprint density at radius 1 is 1.31 bits per heavy atom. The van der Waals surface area contributed by atoms with Gasteiger partial charge in [0.15, 0.2) is 11.5 Å². The van der Waals surface area contributed by atoms with Crippen molar-refractivity contribution in [2.24, 2.45) is 4.99 Å². The van der Waals surface area contributed by atoms with Crippen LogP contribution in [0.5, 0.6) is 11.5 Å². The zero-order chi connectivity index (χ0) is 11.2. The van der Waals surface area contributed by atoms with E-state index in [1.54, 1.807) is 7.11 Å². The van der Waals surface area contributed by atoms with Crippen molar-refractivity contribution in [1.82, 2.24) is 5.32 Å². The van der Waals surface area contributed by atoms with Crippen molar-refractivity contribution < 1.29 is 9.47 Å². The normalized spacial score (nSPS) is 14.2. The van der Waals surface area contributed by atoms with Gasteiger partial charge in [-0.25, -0.2) is 0 Å². The molecule has 1 heterocycles. The third kappa shape index (κ3) is 2.66. The van der Waals surface area contributed by atoms with Gasteiger partial charge in [0.2, 0.25) is 0 Å². The second kappa shape index (κ2) is 5.39. The molecule has 0 radical (unpaired) electrons. The molecule has 4 heteroatoms. The van der Waals surface area contributed by atoms with E-state index in [1.165, 1.54) is 0 Å². The molecule has 1 N–H and O–H groups in total. The van der Waals surface area contributed by atoms with Gasteiger partial charge < -0.3 is 14.8 Å². The van der Waals surface area contributed by atoms with E-state index >= 15 is 0 Å². The SMILES string of the molecule is COc1ccccc1OCCC1=NCCN1. The van der Waals surface area contributed by atoms with Gasteiger partial charge in [0.1, 0.15) is 0 Å². The van der Waals surface area contributed by atoms with E-state index in [-0.39, 0.29) is 0 Å². The molecular weight excluding hydrogens is 204 g/mol. The Bertz CT molecular complexity index is 377. The van der Waals surface area contributed by atoms with Gasteiger partial charge in [-0.05, 0) is 12.1 Å². The average molecular weight is 220 g/mol. The van der Waals surface area contributed by atoms with E-state index in [2.05, 4.69) is 10.3 Å². The number of ether oxygens (including phenoxy) is 2. The van der Waals surface area contributed by atoms with Crippen molar-refractivity contribution in [2.45, 2.75) is 6.42 Å². The smallest absolute Gasteiger partial charge is 0.161 e. The Balaban J connectivity index is 1.84. The fraction of sp³-hybridized carbons (Fsp3) is 0.417. The molecule has 0 saturated carbocycles. The quantitative estimate of drug-likeness (QED) is 0.817. The Labute approximate surface area is 95.3 Å². The second-order valence-corrected chi connectivity index (χ2v) is 3.50. The fourth-order valence-corrected chi connectivity index (χ4v) is 1.61. The Hall–Kier alpha value is -1.71. The van der Waals surface area contributed by atoms with Crippen LogP contribution in [0.2, 0.25) is 0 Å². The summed E-state index contributed by atoms with van der Waals surface area (Å²) in [6.45, 7) is 2.44. The van der Waals surface area contributed by atoms with Crippen molar-refractivity contribution in [2.75, 3.05) is 26.8 Å². The number of nitrogens with zero attached hydrogens (tertiary/aromatic N) is 1. The molecule has 1 aromatic rings. The molecule has 1 aliphatic rings. The summed E-state index contributed by atoms with van der Waals surface area (Å²) in [5.41, 5.74) is 0. The number of hydrogen-bond donors (Lipinski definition) is 1. The zero-order valence-corrected chi connectivity index (χ0v) is 9.40. The van der Waals surface area contributed by atoms with E-state index in [0.29, 0.717) is 6.61 Å². The van der Waals surface area contributed by atoms with Crippen LogP contribution in [-0.4, -0.2) is 32.6 Å². The summed E-state index contributed by atoms with van der Waals surface area (Å²) >= 11 is 0. The van der Waals surface area contributed by atoms with Crippen LogP contribution in [-0.2, 0) is 0 Å². The highest BCUT2D eigenvalue weighted by Gasteiger charge is 2.06. The minimum absolute atomic E-state index is 0.617. The standard InChI is InChI=1S/C12H16N2O2/c1-15-10-4-2-3-5-11(10)16-9-6-12-13-7-8-14-12/h2-5H,6-9H2,1H3,(H,13,14). The molecule has 86 valence electrons. The number of hydrogen-bond acceptors (Lipinski definition) is 4. The predicted octanol–water partition coefficient (Wildman–Crippen LogP) is 1.47. The number of benzene rings is 1. The molecule has 0 aliphatic carbocycles. The second-order valence-electron chi connectivity index (χ2n) is 3.50. The number of methoxy groups -OCH3 is 1. The minimum Gasteiger partial charge on any atom is -0.493 e. The highest BCUT2D eigenvalue weighted by molar-refractivity contribution is 5.83. The number of nitrogens with one attached hydrogen (secondary N) is 1. The van der Waals surface area contributed by atoms with E-state index in [9.17, 15) is 0 Å². The van der Waals surface area contributed by atoms with Crippen LogP contribution in [0.4, 0.5) is 0 Å². The molecule has 0 amide bonds. The van der Waals surface area contributed by atoms with E-state index in [0.717, 1.165) is 36.8 Å². The van der Waals surface area contributed by atoms with Crippen molar-refractivity contribution in [3.8, 4) is 11.5 Å². The maximum Gasteiger partial charge on any atom is 0.161 e. The summed E-state index contributed by atoms with van der Waals surface area (Å²) in [7, 11) is 1.64. The highest BCUT2D eigenvalue weighted by Crippen LogP contribution is 2.25. The molecule has 0 bridgehead atoms. The van der Waals surface area contributed by atoms with Crippen LogP contribution >= 0.6 is 0 Å². The fourth-order valence-electron chi connectivity index (χ4n) is 1.61. The largest absolute Gasteiger partial charge is 0.493 e. The van der Waals surface area contributed by atoms with Crippen LogP contribution in [0, 0.1) is 0 Å². The van der Waals surface area contributed by atoms with Crippen molar-refractivity contribution in [1.29, 1.82) is 0 Å². The summed E-state index contributed by atoms with van der Waals surface area (Å²) in [6, 6.07) is 7.65. The van der Waals surface area contributed by atoms with E-state index in [1.807, 2.05) is 24.3 Å². The maximum atomic E-state index is 5.64. The van der Waals surface area contributed by atoms with Crippen LogP contribution in [0.3, 0.4) is 0 Å².